The molecule has 0 saturated carbocycles. The minimum Gasteiger partial charge on any atom is -0.481 e. The molecule has 1 aromatic rings. The largest absolute Gasteiger partial charge is 0.481 e. The third kappa shape index (κ3) is 16.2. The number of carboxylic acids is 1. The number of aliphatic carboxylic acids is 1. The van der Waals surface area contributed by atoms with Gasteiger partial charge in [-0.25, -0.2) is 0 Å². The van der Waals surface area contributed by atoms with Crippen molar-refractivity contribution in [2.24, 2.45) is 0 Å². The first kappa shape index (κ1) is 27.9. The molecular formula is C25H41NO3S2. The number of hydrogen-bond acceptors (Lipinski definition) is 4. The first-order valence-electron chi connectivity index (χ1n) is 11.9. The standard InChI is InChI=1S/C25H41NO3S2/c1-2-19-30-20-13-9-7-5-3-4-6-8-10-17-24(27)26-22-15-11-12-16-23(22)31-21-14-18-25(28)29/h11-12,15-16H,2-10,13-14,17-21H2,1H3,(H,26,27)(H,28,29). The zero-order valence-corrected chi connectivity index (χ0v) is 20.8. The molecule has 0 fully saturated rings. The van der Waals surface area contributed by atoms with Crippen LogP contribution in [-0.4, -0.2) is 34.2 Å². The monoisotopic (exact) mass is 467 g/mol. The number of anilines is 1. The highest BCUT2D eigenvalue weighted by atomic mass is 32.2. The van der Waals surface area contributed by atoms with Crippen LogP contribution < -0.4 is 5.32 Å². The maximum atomic E-state index is 12.3. The Bertz CT molecular complexity index is 610. The van der Waals surface area contributed by atoms with Crippen LogP contribution in [0.2, 0.25) is 0 Å². The number of hydrogen-bond donors (Lipinski definition) is 2. The van der Waals surface area contributed by atoms with Crippen LogP contribution in [0.25, 0.3) is 0 Å². The molecule has 0 saturated heterocycles. The molecule has 0 aliphatic heterocycles. The molecule has 4 nitrogen and oxygen atoms in total. The van der Waals surface area contributed by atoms with Crippen molar-refractivity contribution < 1.29 is 14.7 Å². The number of carbonyl (C=O) groups excluding carboxylic acids is 1. The number of carboxylic acid groups (broad SMARTS) is 1. The molecule has 31 heavy (non-hydrogen) atoms. The van der Waals surface area contributed by atoms with E-state index >= 15 is 0 Å². The van der Waals surface area contributed by atoms with Crippen molar-refractivity contribution in [3.05, 3.63) is 24.3 Å². The summed E-state index contributed by atoms with van der Waals surface area (Å²) in [5.41, 5.74) is 0.834. The van der Waals surface area contributed by atoms with Gasteiger partial charge in [0, 0.05) is 17.7 Å². The van der Waals surface area contributed by atoms with Crippen LogP contribution in [0.15, 0.2) is 29.2 Å². The summed E-state index contributed by atoms with van der Waals surface area (Å²) in [6.45, 7) is 2.24. The first-order valence-corrected chi connectivity index (χ1v) is 14.1. The number of amides is 1. The fourth-order valence-corrected chi connectivity index (χ4v) is 5.15. The molecule has 0 aliphatic carbocycles. The fraction of sp³-hybridized carbons (Fsp3) is 0.680. The molecule has 1 aromatic carbocycles. The van der Waals surface area contributed by atoms with Crippen LogP contribution in [0, 0.1) is 0 Å². The number of para-hydroxylation sites is 1. The molecule has 0 atom stereocenters. The van der Waals surface area contributed by atoms with E-state index in [1.807, 2.05) is 24.3 Å². The Labute approximate surface area is 197 Å². The summed E-state index contributed by atoms with van der Waals surface area (Å²) in [4.78, 5) is 23.9. The van der Waals surface area contributed by atoms with Crippen LogP contribution in [0.1, 0.15) is 90.4 Å². The molecule has 0 aromatic heterocycles. The Morgan fingerprint density at radius 1 is 0.806 bits per heavy atom. The molecule has 2 N–H and O–H groups in total. The summed E-state index contributed by atoms with van der Waals surface area (Å²) < 4.78 is 0. The Hall–Kier alpha value is -1.14. The van der Waals surface area contributed by atoms with Gasteiger partial charge in [-0.2, -0.15) is 11.8 Å². The highest BCUT2D eigenvalue weighted by Crippen LogP contribution is 2.28. The molecular weight excluding hydrogens is 426 g/mol. The summed E-state index contributed by atoms with van der Waals surface area (Å²) >= 11 is 3.69. The summed E-state index contributed by atoms with van der Waals surface area (Å²) in [6.07, 6.45) is 14.0. The van der Waals surface area contributed by atoms with Crippen molar-refractivity contribution in [2.75, 3.05) is 22.6 Å². The van der Waals surface area contributed by atoms with E-state index < -0.39 is 5.97 Å². The van der Waals surface area contributed by atoms with Gasteiger partial charge in [0.15, 0.2) is 0 Å². The molecule has 0 unspecified atom stereocenters. The predicted molar refractivity (Wildman–Crippen MR) is 136 cm³/mol. The van der Waals surface area contributed by atoms with Gasteiger partial charge in [-0.05, 0) is 55.1 Å². The van der Waals surface area contributed by atoms with Crippen molar-refractivity contribution in [2.45, 2.75) is 95.3 Å². The van der Waals surface area contributed by atoms with Gasteiger partial charge in [-0.1, -0.05) is 64.0 Å². The average molecular weight is 468 g/mol. The van der Waals surface area contributed by atoms with E-state index in [9.17, 15) is 9.59 Å². The van der Waals surface area contributed by atoms with E-state index in [0.29, 0.717) is 12.8 Å². The SMILES string of the molecule is CCCSCCCCCCCCCCCC(=O)Nc1ccccc1SCCCC(=O)O. The van der Waals surface area contributed by atoms with E-state index in [0.717, 1.165) is 29.2 Å². The maximum Gasteiger partial charge on any atom is 0.303 e. The van der Waals surface area contributed by atoms with Gasteiger partial charge in [0.25, 0.3) is 0 Å². The highest BCUT2D eigenvalue weighted by molar-refractivity contribution is 7.99. The van der Waals surface area contributed by atoms with Crippen molar-refractivity contribution in [1.82, 2.24) is 0 Å². The Morgan fingerprint density at radius 3 is 2.13 bits per heavy atom. The average Bonchev–Trinajstić information content (AvgIpc) is 2.75. The van der Waals surface area contributed by atoms with Gasteiger partial charge in [0.05, 0.1) is 5.69 Å². The lowest BCUT2D eigenvalue weighted by molar-refractivity contribution is -0.137. The van der Waals surface area contributed by atoms with Crippen molar-refractivity contribution in [3.63, 3.8) is 0 Å². The van der Waals surface area contributed by atoms with Crippen LogP contribution in [0.4, 0.5) is 5.69 Å². The molecule has 176 valence electrons. The summed E-state index contributed by atoms with van der Waals surface area (Å²) in [7, 11) is 0. The highest BCUT2D eigenvalue weighted by Gasteiger charge is 2.07. The Morgan fingerprint density at radius 2 is 1.45 bits per heavy atom. The first-order chi connectivity index (χ1) is 15.1. The van der Waals surface area contributed by atoms with Crippen LogP contribution in [-0.2, 0) is 9.59 Å². The number of unbranched alkanes of at least 4 members (excludes halogenated alkanes) is 8. The molecule has 1 rings (SSSR count). The number of carbonyl (C=O) groups is 2. The van der Waals surface area contributed by atoms with Gasteiger partial charge in [-0.3, -0.25) is 9.59 Å². The van der Waals surface area contributed by atoms with Gasteiger partial charge >= 0.3 is 5.97 Å². The Balaban J connectivity index is 2.05. The molecule has 1 amide bonds. The number of thioether (sulfide) groups is 2. The van der Waals surface area contributed by atoms with Crippen LogP contribution in [0.3, 0.4) is 0 Å². The van der Waals surface area contributed by atoms with Crippen LogP contribution in [0.5, 0.6) is 0 Å². The zero-order valence-electron chi connectivity index (χ0n) is 19.2. The molecule has 0 radical (unpaired) electrons. The summed E-state index contributed by atoms with van der Waals surface area (Å²) in [5.74, 6) is 2.66. The minimum absolute atomic E-state index is 0.0690. The predicted octanol–water partition coefficient (Wildman–Crippen LogP) is 7.63. The molecule has 0 spiro atoms. The topological polar surface area (TPSA) is 66.4 Å². The minimum atomic E-state index is -0.765. The normalized spacial score (nSPS) is 10.9. The third-order valence-corrected chi connectivity index (χ3v) is 7.43. The smallest absolute Gasteiger partial charge is 0.303 e. The maximum absolute atomic E-state index is 12.3. The lowest BCUT2D eigenvalue weighted by Gasteiger charge is -2.10. The van der Waals surface area contributed by atoms with Gasteiger partial charge in [0.1, 0.15) is 0 Å². The van der Waals surface area contributed by atoms with E-state index in [1.54, 1.807) is 11.8 Å². The van der Waals surface area contributed by atoms with Crippen LogP contribution >= 0.6 is 23.5 Å². The number of nitrogens with one attached hydrogen (secondary N) is 1. The van der Waals surface area contributed by atoms with Crippen molar-refractivity contribution in [1.29, 1.82) is 0 Å². The fourth-order valence-electron chi connectivity index (χ4n) is 3.29. The second kappa shape index (κ2) is 19.5. The van der Waals surface area contributed by atoms with Gasteiger partial charge < -0.3 is 10.4 Å². The molecule has 0 bridgehead atoms. The quantitative estimate of drug-likeness (QED) is 0.152. The van der Waals surface area contributed by atoms with E-state index in [2.05, 4.69) is 24.0 Å². The van der Waals surface area contributed by atoms with Gasteiger partial charge in [0.2, 0.25) is 5.91 Å². The number of benzene rings is 1. The third-order valence-electron chi connectivity index (χ3n) is 4.99. The Kier molecular flexibility index (Phi) is 17.6. The molecule has 6 heteroatoms. The number of rotatable bonds is 20. The van der Waals surface area contributed by atoms with E-state index in [4.69, 9.17) is 5.11 Å². The van der Waals surface area contributed by atoms with Crippen molar-refractivity contribution >= 4 is 41.1 Å². The van der Waals surface area contributed by atoms with Crippen molar-refractivity contribution in [3.8, 4) is 0 Å². The van der Waals surface area contributed by atoms with Gasteiger partial charge in [-0.15, -0.1) is 11.8 Å². The second-order valence-corrected chi connectivity index (χ2v) is 10.3. The lowest BCUT2D eigenvalue weighted by Crippen LogP contribution is -2.11. The zero-order chi connectivity index (χ0) is 22.6. The lowest BCUT2D eigenvalue weighted by atomic mass is 10.1. The second-order valence-electron chi connectivity index (χ2n) is 7.93. The molecule has 0 aliphatic rings. The van der Waals surface area contributed by atoms with E-state index in [-0.39, 0.29) is 12.3 Å². The molecule has 0 heterocycles. The van der Waals surface area contributed by atoms with E-state index in [1.165, 1.54) is 62.9 Å². The summed E-state index contributed by atoms with van der Waals surface area (Å²) in [6, 6.07) is 7.76. The summed E-state index contributed by atoms with van der Waals surface area (Å²) in [5, 5.41) is 11.8.